The van der Waals surface area contributed by atoms with Gasteiger partial charge in [0.2, 0.25) is 5.91 Å². The Hall–Kier alpha value is -1.89. The smallest absolute Gasteiger partial charge is 0.285 e. The molecule has 0 saturated carbocycles. The lowest BCUT2D eigenvalue weighted by atomic mass is 10.2. The molecule has 0 atom stereocenters. The summed E-state index contributed by atoms with van der Waals surface area (Å²) in [5.74, 6) is 0.0162. The summed E-state index contributed by atoms with van der Waals surface area (Å²) in [6.45, 7) is 1.68. The molecule has 1 aromatic rings. The van der Waals surface area contributed by atoms with E-state index in [1.54, 1.807) is 23.1 Å². The van der Waals surface area contributed by atoms with E-state index < -0.39 is 10.0 Å². The zero-order chi connectivity index (χ0) is 15.6. The number of amides is 1. The van der Waals surface area contributed by atoms with Crippen molar-refractivity contribution >= 4 is 28.0 Å². The van der Waals surface area contributed by atoms with E-state index >= 15 is 0 Å². The Kier molecular flexibility index (Phi) is 4.15. The van der Waals surface area contributed by atoms with Crippen LogP contribution in [0.1, 0.15) is 25.7 Å². The third kappa shape index (κ3) is 2.99. The first-order chi connectivity index (χ1) is 10.6. The van der Waals surface area contributed by atoms with Crippen LogP contribution < -0.4 is 4.90 Å². The first-order valence-electron chi connectivity index (χ1n) is 7.52. The second-order valence-corrected chi connectivity index (χ2v) is 7.19. The van der Waals surface area contributed by atoms with Crippen LogP contribution in [0.3, 0.4) is 0 Å². The lowest BCUT2D eigenvalue weighted by molar-refractivity contribution is -0.129. The third-order valence-corrected chi connectivity index (χ3v) is 5.32. The number of anilines is 1. The van der Waals surface area contributed by atoms with E-state index in [9.17, 15) is 13.2 Å². The van der Waals surface area contributed by atoms with Crippen LogP contribution in [0.4, 0.5) is 5.69 Å². The summed E-state index contributed by atoms with van der Waals surface area (Å²) in [7, 11) is -3.64. The van der Waals surface area contributed by atoms with Crippen molar-refractivity contribution in [2.24, 2.45) is 4.40 Å². The summed E-state index contributed by atoms with van der Waals surface area (Å²) in [6.07, 6.45) is 5.63. The summed E-state index contributed by atoms with van der Waals surface area (Å²) in [6, 6.07) is 6.64. The van der Waals surface area contributed by atoms with Crippen molar-refractivity contribution < 1.29 is 13.2 Å². The molecule has 0 bridgehead atoms. The number of likely N-dealkylation sites (tertiary alicyclic amines) is 1. The van der Waals surface area contributed by atoms with E-state index in [-0.39, 0.29) is 17.3 Å². The monoisotopic (exact) mass is 321 g/mol. The zero-order valence-corrected chi connectivity index (χ0v) is 13.1. The van der Waals surface area contributed by atoms with E-state index in [1.165, 1.54) is 12.4 Å². The van der Waals surface area contributed by atoms with Gasteiger partial charge in [0.1, 0.15) is 17.8 Å². The fourth-order valence-corrected chi connectivity index (χ4v) is 3.89. The summed E-state index contributed by atoms with van der Waals surface area (Å²) in [5, 5.41) is 0. The van der Waals surface area contributed by atoms with Gasteiger partial charge in [-0.25, -0.2) is 0 Å². The van der Waals surface area contributed by atoms with Gasteiger partial charge in [0.15, 0.2) is 0 Å². The van der Waals surface area contributed by atoms with E-state index in [0.717, 1.165) is 38.8 Å². The van der Waals surface area contributed by atoms with Crippen LogP contribution in [0.25, 0.3) is 0 Å². The maximum Gasteiger partial charge on any atom is 0.285 e. The fraction of sp³-hybridized carbons (Fsp3) is 0.467. The van der Waals surface area contributed by atoms with Gasteiger partial charge < -0.3 is 9.80 Å². The van der Waals surface area contributed by atoms with Crippen molar-refractivity contribution in [3.8, 4) is 0 Å². The van der Waals surface area contributed by atoms with Crippen molar-refractivity contribution in [3.63, 3.8) is 0 Å². The fourth-order valence-electron chi connectivity index (χ4n) is 2.84. The van der Waals surface area contributed by atoms with Crippen molar-refractivity contribution in [2.45, 2.75) is 30.6 Å². The number of rotatable bonds is 2. The standard InChI is InChI=1S/C15H19N3O3S/c19-15(17-9-5-1-2-6-10-17)11-18-12-16-22(20,21)14-8-4-3-7-13(14)18/h3-4,7-8,12H,1-2,5-6,9-11H2. The number of fused-ring (bicyclic) bond motifs is 1. The number of carbonyl (C=O) groups excluding carboxylic acids is 1. The molecule has 118 valence electrons. The number of carbonyl (C=O) groups is 1. The van der Waals surface area contributed by atoms with Gasteiger partial charge in [-0.15, -0.1) is 4.40 Å². The number of nitrogens with zero attached hydrogens (tertiary/aromatic N) is 3. The van der Waals surface area contributed by atoms with E-state index in [4.69, 9.17) is 0 Å². The second kappa shape index (κ2) is 6.08. The number of hydrogen-bond acceptors (Lipinski definition) is 4. The molecule has 2 aliphatic heterocycles. The van der Waals surface area contributed by atoms with Gasteiger partial charge in [0.25, 0.3) is 10.0 Å². The number of hydrogen-bond donors (Lipinski definition) is 0. The Balaban J connectivity index is 1.80. The van der Waals surface area contributed by atoms with E-state index in [0.29, 0.717) is 5.69 Å². The third-order valence-electron chi connectivity index (χ3n) is 4.04. The van der Waals surface area contributed by atoms with Gasteiger partial charge in [-0.2, -0.15) is 8.42 Å². The summed E-state index contributed by atoms with van der Waals surface area (Å²) in [4.78, 5) is 16.1. The predicted molar refractivity (Wildman–Crippen MR) is 84.5 cm³/mol. The summed E-state index contributed by atoms with van der Waals surface area (Å²) < 4.78 is 27.5. The topological polar surface area (TPSA) is 70.0 Å². The largest absolute Gasteiger partial charge is 0.341 e. The molecule has 6 nitrogen and oxygen atoms in total. The second-order valence-electron chi connectivity index (χ2n) is 5.59. The van der Waals surface area contributed by atoms with Crippen LogP contribution in [-0.2, 0) is 14.8 Å². The molecule has 7 heteroatoms. The average Bonchev–Trinajstić information content (AvgIpc) is 2.80. The van der Waals surface area contributed by atoms with Crippen molar-refractivity contribution in [1.29, 1.82) is 0 Å². The van der Waals surface area contributed by atoms with Crippen LogP contribution in [-0.4, -0.2) is 45.2 Å². The molecule has 3 rings (SSSR count). The Bertz CT molecular complexity index is 692. The molecule has 2 heterocycles. The molecule has 1 amide bonds. The summed E-state index contributed by atoms with van der Waals surface area (Å²) in [5.41, 5.74) is 0.515. The van der Waals surface area contributed by atoms with Gasteiger partial charge in [0.05, 0.1) is 5.69 Å². The molecular weight excluding hydrogens is 302 g/mol. The average molecular weight is 321 g/mol. The van der Waals surface area contributed by atoms with Crippen molar-refractivity contribution in [3.05, 3.63) is 24.3 Å². The van der Waals surface area contributed by atoms with Gasteiger partial charge >= 0.3 is 0 Å². The first-order valence-corrected chi connectivity index (χ1v) is 8.96. The Morgan fingerprint density at radius 2 is 1.77 bits per heavy atom. The molecule has 22 heavy (non-hydrogen) atoms. The molecule has 2 aliphatic rings. The number of para-hydroxylation sites is 1. The van der Waals surface area contributed by atoms with Gasteiger partial charge in [-0.05, 0) is 25.0 Å². The highest BCUT2D eigenvalue weighted by Gasteiger charge is 2.27. The van der Waals surface area contributed by atoms with Crippen molar-refractivity contribution in [2.75, 3.05) is 24.5 Å². The van der Waals surface area contributed by atoms with Crippen LogP contribution in [0.2, 0.25) is 0 Å². The Morgan fingerprint density at radius 3 is 2.50 bits per heavy atom. The minimum Gasteiger partial charge on any atom is -0.341 e. The Labute approximate surface area is 130 Å². The first kappa shape index (κ1) is 15.0. The lowest BCUT2D eigenvalue weighted by Gasteiger charge is -2.27. The molecule has 1 saturated heterocycles. The minimum absolute atomic E-state index is 0.0162. The van der Waals surface area contributed by atoms with E-state index in [2.05, 4.69) is 4.40 Å². The van der Waals surface area contributed by atoms with E-state index in [1.807, 2.05) is 4.90 Å². The predicted octanol–water partition coefficient (Wildman–Crippen LogP) is 1.63. The SMILES string of the molecule is O=C(CN1C=NS(=O)(=O)c2ccccc21)N1CCCCCC1. The number of benzene rings is 1. The highest BCUT2D eigenvalue weighted by molar-refractivity contribution is 7.90. The molecule has 0 radical (unpaired) electrons. The molecule has 0 spiro atoms. The van der Waals surface area contributed by atoms with Gasteiger partial charge in [-0.1, -0.05) is 25.0 Å². The highest BCUT2D eigenvalue weighted by atomic mass is 32.2. The van der Waals surface area contributed by atoms with Crippen LogP contribution in [0.5, 0.6) is 0 Å². The van der Waals surface area contributed by atoms with Crippen LogP contribution in [0, 0.1) is 0 Å². The highest BCUT2D eigenvalue weighted by Crippen LogP contribution is 2.29. The molecule has 0 aliphatic carbocycles. The van der Waals surface area contributed by atoms with Crippen LogP contribution >= 0.6 is 0 Å². The molecular formula is C15H19N3O3S. The quantitative estimate of drug-likeness (QED) is 0.830. The lowest BCUT2D eigenvalue weighted by Crippen LogP contribution is -2.41. The molecule has 1 fully saturated rings. The zero-order valence-electron chi connectivity index (χ0n) is 12.3. The Morgan fingerprint density at radius 1 is 1.09 bits per heavy atom. The molecule has 0 N–H and O–H groups in total. The minimum atomic E-state index is -3.64. The number of sulfonamides is 1. The maximum absolute atomic E-state index is 12.5. The van der Waals surface area contributed by atoms with Crippen molar-refractivity contribution in [1.82, 2.24) is 4.90 Å². The maximum atomic E-state index is 12.5. The van der Waals surface area contributed by atoms with Gasteiger partial charge in [-0.3, -0.25) is 4.79 Å². The normalized spacial score (nSPS) is 20.4. The molecule has 1 aromatic carbocycles. The molecule has 0 unspecified atom stereocenters. The van der Waals surface area contributed by atoms with Crippen LogP contribution in [0.15, 0.2) is 33.6 Å². The summed E-state index contributed by atoms with van der Waals surface area (Å²) >= 11 is 0. The molecule has 0 aromatic heterocycles. The van der Waals surface area contributed by atoms with Gasteiger partial charge in [0, 0.05) is 13.1 Å².